The highest BCUT2D eigenvalue weighted by Gasteiger charge is 2.31. The van der Waals surface area contributed by atoms with Crippen molar-refractivity contribution in [3.8, 4) is 5.75 Å². The molecule has 0 radical (unpaired) electrons. The predicted octanol–water partition coefficient (Wildman–Crippen LogP) is 3.92. The molecule has 1 amide bonds. The number of hydrogen-bond donors (Lipinski definition) is 2. The molecule has 2 N–H and O–H groups in total. The molecule has 2 aromatic carbocycles. The zero-order chi connectivity index (χ0) is 25.2. The largest absolute Gasteiger partial charge is 0.496 e. The summed E-state index contributed by atoms with van der Waals surface area (Å²) >= 11 is 0. The molecule has 0 spiro atoms. The number of benzene rings is 2. The standard InChI is InChI=1S/C26H33N3O5S/c1-5-34-20-11-13-29(16-22-21-10-12-27-25(21)17(2)14-24(22)33-3)23(15-20)18-6-8-19(9-7-18)26(30)28-35(4,31)32/h6-10,12,14,20,23,27H,5,11,13,15-16H2,1-4H3,(H,28,30). The number of nitrogens with one attached hydrogen (secondary N) is 2. The highest BCUT2D eigenvalue weighted by Crippen LogP contribution is 2.37. The molecular formula is C26H33N3O5S. The van der Waals surface area contributed by atoms with Gasteiger partial charge in [-0.15, -0.1) is 0 Å². The Morgan fingerprint density at radius 3 is 2.63 bits per heavy atom. The van der Waals surface area contributed by atoms with Gasteiger partial charge in [-0.3, -0.25) is 9.69 Å². The maximum atomic E-state index is 12.3. The lowest BCUT2D eigenvalue weighted by Gasteiger charge is -2.40. The molecule has 2 atom stereocenters. The van der Waals surface area contributed by atoms with E-state index in [4.69, 9.17) is 9.47 Å². The Bertz CT molecular complexity index is 1300. The summed E-state index contributed by atoms with van der Waals surface area (Å²) in [5, 5.41) is 1.15. The number of carbonyl (C=O) groups excluding carboxylic acids is 1. The van der Waals surface area contributed by atoms with E-state index < -0.39 is 15.9 Å². The second kappa shape index (κ2) is 10.4. The minimum absolute atomic E-state index is 0.0762. The van der Waals surface area contributed by atoms with Gasteiger partial charge in [0, 0.05) is 54.0 Å². The van der Waals surface area contributed by atoms with Gasteiger partial charge in [-0.2, -0.15) is 0 Å². The van der Waals surface area contributed by atoms with E-state index in [-0.39, 0.29) is 12.1 Å². The zero-order valence-electron chi connectivity index (χ0n) is 20.6. The molecular weight excluding hydrogens is 466 g/mol. The van der Waals surface area contributed by atoms with Crippen molar-refractivity contribution >= 4 is 26.8 Å². The first kappa shape index (κ1) is 25.2. The Morgan fingerprint density at radius 2 is 1.97 bits per heavy atom. The third-order valence-electron chi connectivity index (χ3n) is 6.60. The van der Waals surface area contributed by atoms with Crippen molar-refractivity contribution in [1.29, 1.82) is 0 Å². The number of carbonyl (C=O) groups is 1. The lowest BCUT2D eigenvalue weighted by molar-refractivity contribution is -0.0138. The fourth-order valence-corrected chi connectivity index (χ4v) is 5.43. The van der Waals surface area contributed by atoms with Crippen LogP contribution in [0.1, 0.15) is 52.9 Å². The fraction of sp³-hybridized carbons (Fsp3) is 0.423. The van der Waals surface area contributed by atoms with Crippen molar-refractivity contribution in [2.24, 2.45) is 0 Å². The molecule has 2 unspecified atom stereocenters. The van der Waals surface area contributed by atoms with E-state index in [1.807, 2.05) is 30.0 Å². The molecule has 0 aliphatic carbocycles. The number of H-pyrrole nitrogens is 1. The van der Waals surface area contributed by atoms with Crippen LogP contribution in [-0.4, -0.2) is 56.8 Å². The minimum atomic E-state index is -3.62. The molecule has 1 aromatic heterocycles. The minimum Gasteiger partial charge on any atom is -0.496 e. The molecule has 2 heterocycles. The van der Waals surface area contributed by atoms with Crippen LogP contribution < -0.4 is 9.46 Å². The monoisotopic (exact) mass is 499 g/mol. The number of fused-ring (bicyclic) bond motifs is 1. The summed E-state index contributed by atoms with van der Waals surface area (Å²) < 4.78 is 36.6. The molecule has 188 valence electrons. The second-order valence-electron chi connectivity index (χ2n) is 9.05. The summed E-state index contributed by atoms with van der Waals surface area (Å²) in [5.74, 6) is 0.235. The number of likely N-dealkylation sites (tertiary alicyclic amines) is 1. The highest BCUT2D eigenvalue weighted by atomic mass is 32.2. The summed E-state index contributed by atoms with van der Waals surface area (Å²) in [4.78, 5) is 18.0. The number of ether oxygens (including phenoxy) is 2. The topological polar surface area (TPSA) is 101 Å². The van der Waals surface area contributed by atoms with E-state index in [0.717, 1.165) is 59.0 Å². The smallest absolute Gasteiger partial charge is 0.264 e. The molecule has 3 aromatic rings. The lowest BCUT2D eigenvalue weighted by atomic mass is 9.91. The van der Waals surface area contributed by atoms with Crippen LogP contribution in [0.5, 0.6) is 5.75 Å². The first-order valence-corrected chi connectivity index (χ1v) is 13.7. The second-order valence-corrected chi connectivity index (χ2v) is 10.8. The van der Waals surface area contributed by atoms with E-state index in [2.05, 4.69) is 28.9 Å². The molecule has 0 bridgehead atoms. The number of methoxy groups -OCH3 is 1. The number of nitrogens with zero attached hydrogens (tertiary/aromatic N) is 1. The predicted molar refractivity (Wildman–Crippen MR) is 136 cm³/mol. The Morgan fingerprint density at radius 1 is 1.23 bits per heavy atom. The number of aryl methyl sites for hydroxylation is 1. The maximum Gasteiger partial charge on any atom is 0.264 e. The fourth-order valence-electron chi connectivity index (χ4n) is 4.97. The van der Waals surface area contributed by atoms with Crippen LogP contribution in [0.2, 0.25) is 0 Å². The molecule has 35 heavy (non-hydrogen) atoms. The van der Waals surface area contributed by atoms with Crippen molar-refractivity contribution in [3.63, 3.8) is 0 Å². The number of aromatic amines is 1. The molecule has 8 nitrogen and oxygen atoms in total. The van der Waals surface area contributed by atoms with Gasteiger partial charge in [0.05, 0.1) is 19.5 Å². The normalized spacial score (nSPS) is 19.1. The number of piperidine rings is 1. The van der Waals surface area contributed by atoms with Crippen molar-refractivity contribution in [3.05, 3.63) is 64.8 Å². The van der Waals surface area contributed by atoms with Gasteiger partial charge < -0.3 is 14.5 Å². The first-order chi connectivity index (χ1) is 16.7. The van der Waals surface area contributed by atoms with Crippen LogP contribution in [0.25, 0.3) is 10.9 Å². The summed E-state index contributed by atoms with van der Waals surface area (Å²) in [7, 11) is -1.92. The van der Waals surface area contributed by atoms with Crippen LogP contribution in [-0.2, 0) is 21.3 Å². The number of rotatable bonds is 8. The van der Waals surface area contributed by atoms with E-state index in [9.17, 15) is 13.2 Å². The Labute approximate surface area is 206 Å². The number of aromatic nitrogens is 1. The quantitative estimate of drug-likeness (QED) is 0.487. The van der Waals surface area contributed by atoms with Crippen LogP contribution in [0, 0.1) is 6.92 Å². The number of amides is 1. The average Bonchev–Trinajstić information content (AvgIpc) is 3.31. The molecule has 1 fully saturated rings. The van der Waals surface area contributed by atoms with Crippen LogP contribution in [0.3, 0.4) is 0 Å². The Hall–Kier alpha value is -2.88. The van der Waals surface area contributed by atoms with Gasteiger partial charge in [-0.1, -0.05) is 12.1 Å². The molecule has 1 aliphatic rings. The van der Waals surface area contributed by atoms with Crippen LogP contribution in [0.15, 0.2) is 42.6 Å². The highest BCUT2D eigenvalue weighted by molar-refractivity contribution is 7.89. The van der Waals surface area contributed by atoms with Gasteiger partial charge in [0.2, 0.25) is 10.0 Å². The summed E-state index contributed by atoms with van der Waals surface area (Å²) in [6.45, 7) is 6.31. The molecule has 1 saturated heterocycles. The first-order valence-electron chi connectivity index (χ1n) is 11.8. The van der Waals surface area contributed by atoms with Gasteiger partial charge in [0.25, 0.3) is 5.91 Å². The third-order valence-corrected chi connectivity index (χ3v) is 7.15. The molecule has 9 heteroatoms. The average molecular weight is 500 g/mol. The summed E-state index contributed by atoms with van der Waals surface area (Å²) in [6.07, 6.45) is 4.84. The van der Waals surface area contributed by atoms with Crippen LogP contribution >= 0.6 is 0 Å². The molecule has 0 saturated carbocycles. The van der Waals surface area contributed by atoms with Gasteiger partial charge >= 0.3 is 0 Å². The third kappa shape index (κ3) is 5.69. The molecule has 4 rings (SSSR count). The number of sulfonamides is 1. The lowest BCUT2D eigenvalue weighted by Crippen LogP contribution is -2.39. The Balaban J connectivity index is 1.65. The Kier molecular flexibility index (Phi) is 7.49. The van der Waals surface area contributed by atoms with Crippen molar-refractivity contribution in [2.75, 3.05) is 26.5 Å². The van der Waals surface area contributed by atoms with Crippen molar-refractivity contribution in [1.82, 2.24) is 14.6 Å². The van der Waals surface area contributed by atoms with E-state index in [1.165, 1.54) is 0 Å². The van der Waals surface area contributed by atoms with E-state index in [0.29, 0.717) is 18.7 Å². The van der Waals surface area contributed by atoms with E-state index >= 15 is 0 Å². The van der Waals surface area contributed by atoms with Gasteiger partial charge in [0.15, 0.2) is 0 Å². The molecule has 1 aliphatic heterocycles. The van der Waals surface area contributed by atoms with Gasteiger partial charge in [-0.05, 0) is 62.1 Å². The summed E-state index contributed by atoms with van der Waals surface area (Å²) in [5.41, 5.74) is 4.75. The SMILES string of the molecule is CCOC1CCN(Cc2c(OC)cc(C)c3[nH]ccc23)C(c2ccc(C(=O)NS(C)(=O)=O)cc2)C1. The van der Waals surface area contributed by atoms with Gasteiger partial charge in [0.1, 0.15) is 5.75 Å². The van der Waals surface area contributed by atoms with Crippen molar-refractivity contribution in [2.45, 2.75) is 45.4 Å². The van der Waals surface area contributed by atoms with Crippen molar-refractivity contribution < 1.29 is 22.7 Å². The summed E-state index contributed by atoms with van der Waals surface area (Å²) in [6, 6.07) is 11.4. The maximum absolute atomic E-state index is 12.3. The van der Waals surface area contributed by atoms with E-state index in [1.54, 1.807) is 19.2 Å². The zero-order valence-corrected chi connectivity index (χ0v) is 21.4. The van der Waals surface area contributed by atoms with Gasteiger partial charge in [-0.25, -0.2) is 13.1 Å². The van der Waals surface area contributed by atoms with Crippen LogP contribution in [0.4, 0.5) is 0 Å². The number of hydrogen-bond acceptors (Lipinski definition) is 6.